The van der Waals surface area contributed by atoms with Gasteiger partial charge >= 0.3 is 7.12 Å². The minimum Gasteiger partial charge on any atom is -0.504 e. The molecule has 4 aromatic rings. The molecule has 6 unspecified atom stereocenters. The van der Waals surface area contributed by atoms with E-state index in [9.17, 15) is 29.5 Å². The maximum absolute atomic E-state index is 15.3. The number of rotatable bonds is 7. The summed E-state index contributed by atoms with van der Waals surface area (Å²) in [6.07, 6.45) is 2.29. The van der Waals surface area contributed by atoms with Crippen molar-refractivity contribution < 1.29 is 39.1 Å². The number of carbonyl (C=O) groups excluding carboxylic acids is 4. The zero-order chi connectivity index (χ0) is 36.5. The lowest BCUT2D eigenvalue weighted by Gasteiger charge is -2.50. The predicted octanol–water partition coefficient (Wildman–Crippen LogP) is 3.58. The molecule has 0 aromatic heterocycles. The molecule has 4 aliphatic rings. The molecule has 8 rings (SSSR count). The van der Waals surface area contributed by atoms with Gasteiger partial charge in [0, 0.05) is 5.92 Å². The Morgan fingerprint density at radius 2 is 1.60 bits per heavy atom. The second-order valence-corrected chi connectivity index (χ2v) is 14.0. The van der Waals surface area contributed by atoms with Crippen LogP contribution in [0.3, 0.4) is 0 Å². The van der Waals surface area contributed by atoms with Gasteiger partial charge in [-0.2, -0.15) is 5.01 Å². The molecule has 52 heavy (non-hydrogen) atoms. The Balaban J connectivity index is 1.31. The number of hydrogen-bond donors (Lipinski definition) is 4. The molecule has 2 saturated heterocycles. The molecule has 0 spiro atoms. The van der Waals surface area contributed by atoms with E-state index in [-0.39, 0.29) is 35.5 Å². The van der Waals surface area contributed by atoms with Crippen LogP contribution in [0.2, 0.25) is 0 Å². The van der Waals surface area contributed by atoms with E-state index in [4.69, 9.17) is 4.74 Å². The summed E-state index contributed by atoms with van der Waals surface area (Å²) >= 11 is 0. The number of imide groups is 2. The Bertz CT molecular complexity index is 2160. The van der Waals surface area contributed by atoms with Gasteiger partial charge in [-0.25, -0.2) is 0 Å². The van der Waals surface area contributed by atoms with E-state index in [0.29, 0.717) is 16.8 Å². The van der Waals surface area contributed by atoms with Gasteiger partial charge in [0.05, 0.1) is 41.7 Å². The van der Waals surface area contributed by atoms with Gasteiger partial charge in [0.2, 0.25) is 11.8 Å². The van der Waals surface area contributed by atoms with Crippen molar-refractivity contribution >= 4 is 47.6 Å². The van der Waals surface area contributed by atoms with Crippen molar-refractivity contribution in [2.24, 2.45) is 23.7 Å². The normalized spacial score (nSPS) is 26.5. The van der Waals surface area contributed by atoms with Crippen molar-refractivity contribution in [2.75, 3.05) is 17.4 Å². The van der Waals surface area contributed by atoms with E-state index in [1.807, 2.05) is 55.5 Å². The molecule has 6 atom stereocenters. The highest BCUT2D eigenvalue weighted by Gasteiger charge is 2.70. The molecule has 0 bridgehead atoms. The molecule has 12 heteroatoms. The van der Waals surface area contributed by atoms with E-state index >= 15 is 4.79 Å². The second-order valence-electron chi connectivity index (χ2n) is 14.0. The van der Waals surface area contributed by atoms with Crippen LogP contribution in [0.4, 0.5) is 11.4 Å². The van der Waals surface area contributed by atoms with Crippen molar-refractivity contribution in [3.8, 4) is 11.5 Å². The third kappa shape index (κ3) is 4.89. The largest absolute Gasteiger partial charge is 0.504 e. The van der Waals surface area contributed by atoms with E-state index in [2.05, 4.69) is 5.43 Å². The Morgan fingerprint density at radius 3 is 2.31 bits per heavy atom. The number of nitrogens with zero attached hydrogens (tertiary/aromatic N) is 2. The van der Waals surface area contributed by atoms with E-state index in [1.165, 1.54) is 25.3 Å². The van der Waals surface area contributed by atoms with Crippen molar-refractivity contribution in [3.05, 3.63) is 125 Å². The molecule has 2 heterocycles. The van der Waals surface area contributed by atoms with E-state index < -0.39 is 65.8 Å². The highest BCUT2D eigenvalue weighted by Crippen LogP contribution is 2.64. The van der Waals surface area contributed by atoms with Crippen LogP contribution in [0.5, 0.6) is 11.5 Å². The molecule has 4 aromatic carbocycles. The first-order valence-electron chi connectivity index (χ1n) is 17.2. The van der Waals surface area contributed by atoms with Crippen molar-refractivity contribution in [3.63, 3.8) is 0 Å². The standard InChI is InChI=1S/C40H36BN3O8/c1-22-11-14-26(15-12-22)42-44-37(47)31-21-30-28(16-17-29-34(30)38(48)43(36(29)46)27-10-6-9-25(20-27)41(50)51)35(23-13-18-32(45)33(19-23)52-2)40(31,39(44)49)24-7-4-3-5-8-24/h3-16,18-20,29-31,34-35,42,45,50-51H,17,21H2,1-2H3. The number of hydrogen-bond acceptors (Lipinski definition) is 9. The van der Waals surface area contributed by atoms with Gasteiger partial charge in [0.25, 0.3) is 11.8 Å². The third-order valence-electron chi connectivity index (χ3n) is 11.4. The van der Waals surface area contributed by atoms with Gasteiger partial charge in [0.1, 0.15) is 0 Å². The Hall–Kier alpha value is -5.72. The number of benzene rings is 4. The number of hydrazine groups is 1. The topological polar surface area (TPSA) is 157 Å². The number of aromatic hydroxyl groups is 1. The molecule has 262 valence electrons. The van der Waals surface area contributed by atoms with Crippen LogP contribution in [0, 0.1) is 30.6 Å². The first-order valence-corrected chi connectivity index (χ1v) is 17.2. The molecule has 1 saturated carbocycles. The number of methoxy groups -OCH3 is 1. The Labute approximate surface area is 300 Å². The van der Waals surface area contributed by atoms with Crippen LogP contribution in [-0.4, -0.2) is 58.0 Å². The molecule has 4 amide bonds. The summed E-state index contributed by atoms with van der Waals surface area (Å²) in [6.45, 7) is 1.94. The predicted molar refractivity (Wildman–Crippen MR) is 192 cm³/mol. The number of nitrogens with one attached hydrogen (secondary N) is 1. The summed E-state index contributed by atoms with van der Waals surface area (Å²) in [5.41, 5.74) is 5.53. The SMILES string of the molecule is COc1cc(C2C3=CCC4C(=O)N(c5cccc(B(O)O)c5)C(=O)C4C3CC3C(=O)N(Nc4ccc(C)cc4)C(=O)C32c2ccccc2)ccc1O. The van der Waals surface area contributed by atoms with Crippen molar-refractivity contribution in [2.45, 2.75) is 31.1 Å². The van der Waals surface area contributed by atoms with Gasteiger partial charge in [-0.3, -0.25) is 29.5 Å². The number of amides is 4. The molecular formula is C40H36BN3O8. The highest BCUT2D eigenvalue weighted by molar-refractivity contribution is 6.58. The fraction of sp³-hybridized carbons (Fsp3) is 0.250. The lowest BCUT2D eigenvalue weighted by Crippen LogP contribution is -2.53. The minimum absolute atomic E-state index is 0.0967. The van der Waals surface area contributed by atoms with Crippen LogP contribution in [0.15, 0.2) is 109 Å². The quantitative estimate of drug-likeness (QED) is 0.129. The summed E-state index contributed by atoms with van der Waals surface area (Å²) in [6, 6.07) is 27.5. The molecule has 11 nitrogen and oxygen atoms in total. The van der Waals surface area contributed by atoms with Gasteiger partial charge < -0.3 is 19.9 Å². The summed E-state index contributed by atoms with van der Waals surface area (Å²) < 4.78 is 5.53. The number of phenolic OH excluding ortho intramolecular Hbond substituents is 1. The fourth-order valence-electron chi connectivity index (χ4n) is 9.07. The molecular weight excluding hydrogens is 661 g/mol. The minimum atomic E-state index is -1.79. The second kappa shape index (κ2) is 12.5. The zero-order valence-corrected chi connectivity index (χ0v) is 28.5. The smallest absolute Gasteiger partial charge is 0.488 e. The number of aryl methyl sites for hydroxylation is 1. The van der Waals surface area contributed by atoms with Gasteiger partial charge in [-0.1, -0.05) is 77.9 Å². The van der Waals surface area contributed by atoms with Crippen LogP contribution >= 0.6 is 0 Å². The number of ether oxygens (including phenoxy) is 1. The molecule has 2 aliphatic heterocycles. The molecule has 3 fully saturated rings. The molecule has 4 N–H and O–H groups in total. The summed E-state index contributed by atoms with van der Waals surface area (Å²) in [7, 11) is -0.360. The van der Waals surface area contributed by atoms with Gasteiger partial charge in [0.15, 0.2) is 11.5 Å². The summed E-state index contributed by atoms with van der Waals surface area (Å²) in [5, 5.41) is 31.4. The lowest BCUT2D eigenvalue weighted by atomic mass is 9.49. The van der Waals surface area contributed by atoms with Crippen molar-refractivity contribution in [1.29, 1.82) is 0 Å². The number of allylic oxidation sites excluding steroid dienone is 2. The number of fused-ring (bicyclic) bond motifs is 4. The van der Waals surface area contributed by atoms with Crippen LogP contribution in [0.25, 0.3) is 0 Å². The van der Waals surface area contributed by atoms with E-state index in [0.717, 1.165) is 21.0 Å². The van der Waals surface area contributed by atoms with E-state index in [1.54, 1.807) is 36.4 Å². The molecule has 2 aliphatic carbocycles. The first kappa shape index (κ1) is 33.4. The molecule has 0 radical (unpaired) electrons. The van der Waals surface area contributed by atoms with Gasteiger partial charge in [-0.15, -0.1) is 0 Å². The Kier molecular flexibility index (Phi) is 8.04. The number of anilines is 2. The average molecular weight is 698 g/mol. The van der Waals surface area contributed by atoms with Gasteiger partial charge in [-0.05, 0) is 78.7 Å². The average Bonchev–Trinajstić information content (AvgIpc) is 3.53. The highest BCUT2D eigenvalue weighted by atomic mass is 16.5. The third-order valence-corrected chi connectivity index (χ3v) is 11.4. The maximum Gasteiger partial charge on any atom is 0.488 e. The number of carbonyl (C=O) groups is 4. The summed E-state index contributed by atoms with van der Waals surface area (Å²) in [4.78, 5) is 59.7. The zero-order valence-electron chi connectivity index (χ0n) is 28.5. The monoisotopic (exact) mass is 697 g/mol. The van der Waals surface area contributed by atoms with Crippen molar-refractivity contribution in [1.82, 2.24) is 5.01 Å². The number of phenols is 1. The van der Waals surface area contributed by atoms with Crippen LogP contribution in [-0.2, 0) is 24.6 Å². The van der Waals surface area contributed by atoms with Crippen LogP contribution in [0.1, 0.15) is 35.4 Å². The van der Waals surface area contributed by atoms with Crippen LogP contribution < -0.4 is 20.5 Å². The Morgan fingerprint density at radius 1 is 0.846 bits per heavy atom. The fourth-order valence-corrected chi connectivity index (χ4v) is 9.07. The maximum atomic E-state index is 15.3. The first-order chi connectivity index (χ1) is 25.1. The lowest BCUT2D eigenvalue weighted by molar-refractivity contribution is -0.138. The summed E-state index contributed by atoms with van der Waals surface area (Å²) in [5.74, 6) is -5.59.